The average Bonchev–Trinajstić information content (AvgIpc) is 2.96. The molecule has 2 heterocycles. The highest BCUT2D eigenvalue weighted by Gasteiger charge is 2.15. The van der Waals surface area contributed by atoms with Gasteiger partial charge in [-0.25, -0.2) is 9.59 Å². The molecule has 6 aromatic rings. The highest BCUT2D eigenvalue weighted by atomic mass is 16.5. The number of carbonyl (C=O) groups is 1. The molecule has 7 heteroatoms. The minimum atomic E-state index is -0.482. The monoisotopic (exact) mass is 515 g/mol. The molecule has 0 bridgehead atoms. The summed E-state index contributed by atoms with van der Waals surface area (Å²) in [7, 11) is 1.50. The van der Waals surface area contributed by atoms with Crippen molar-refractivity contribution in [3.05, 3.63) is 130 Å². The van der Waals surface area contributed by atoms with Crippen LogP contribution < -0.4 is 21.3 Å². The molecule has 0 unspecified atom stereocenters. The number of hydrogen-bond donors (Lipinski definition) is 1. The summed E-state index contributed by atoms with van der Waals surface area (Å²) in [5.74, 6) is 0.0703. The molecule has 1 amide bonds. The Morgan fingerprint density at radius 1 is 0.667 bits per heavy atom. The number of rotatable bonds is 5. The zero-order valence-corrected chi connectivity index (χ0v) is 20.8. The SMILES string of the molecule is COc1cc(NC(=O)c2ccc(-c3cc4ccccc4oc3=O)cc2)ccc1-c1cc2ccccc2oc1=O. The molecule has 0 spiro atoms. The Hall–Kier alpha value is -5.43. The van der Waals surface area contributed by atoms with Gasteiger partial charge < -0.3 is 18.9 Å². The van der Waals surface area contributed by atoms with Gasteiger partial charge in [-0.15, -0.1) is 0 Å². The van der Waals surface area contributed by atoms with Crippen molar-refractivity contribution in [2.24, 2.45) is 0 Å². The van der Waals surface area contributed by atoms with E-state index < -0.39 is 11.3 Å². The van der Waals surface area contributed by atoms with Crippen LogP contribution >= 0.6 is 0 Å². The second-order valence-corrected chi connectivity index (χ2v) is 8.92. The van der Waals surface area contributed by atoms with Crippen LogP contribution in [0.5, 0.6) is 5.75 Å². The van der Waals surface area contributed by atoms with Crippen molar-refractivity contribution in [1.29, 1.82) is 0 Å². The van der Waals surface area contributed by atoms with Crippen LogP contribution in [0.2, 0.25) is 0 Å². The number of anilines is 1. The summed E-state index contributed by atoms with van der Waals surface area (Å²) in [5.41, 5.74) is 2.96. The Bertz CT molecular complexity index is 1990. The third-order valence-corrected chi connectivity index (χ3v) is 6.49. The molecule has 2 aromatic heterocycles. The number of ether oxygens (including phenoxy) is 1. The highest BCUT2D eigenvalue weighted by Crippen LogP contribution is 2.32. The van der Waals surface area contributed by atoms with E-state index in [-0.39, 0.29) is 5.91 Å². The fourth-order valence-corrected chi connectivity index (χ4v) is 4.51. The van der Waals surface area contributed by atoms with E-state index in [1.54, 1.807) is 72.8 Å². The number of hydrogen-bond acceptors (Lipinski definition) is 6. The van der Waals surface area contributed by atoms with E-state index in [4.69, 9.17) is 13.6 Å². The summed E-state index contributed by atoms with van der Waals surface area (Å²) in [6.07, 6.45) is 0. The van der Waals surface area contributed by atoms with Crippen molar-refractivity contribution in [2.75, 3.05) is 12.4 Å². The van der Waals surface area contributed by atoms with Gasteiger partial charge in [0.15, 0.2) is 0 Å². The molecule has 4 aromatic carbocycles. The van der Waals surface area contributed by atoms with Crippen molar-refractivity contribution in [2.45, 2.75) is 0 Å². The van der Waals surface area contributed by atoms with Gasteiger partial charge in [0.1, 0.15) is 16.9 Å². The van der Waals surface area contributed by atoms with Crippen molar-refractivity contribution in [3.63, 3.8) is 0 Å². The van der Waals surface area contributed by atoms with Gasteiger partial charge in [0.2, 0.25) is 0 Å². The van der Waals surface area contributed by atoms with Gasteiger partial charge in [-0.2, -0.15) is 0 Å². The number of carbonyl (C=O) groups excluding carboxylic acids is 1. The minimum Gasteiger partial charge on any atom is -0.496 e. The lowest BCUT2D eigenvalue weighted by Gasteiger charge is -2.12. The van der Waals surface area contributed by atoms with Crippen molar-refractivity contribution in [3.8, 4) is 28.0 Å². The first-order chi connectivity index (χ1) is 19.0. The molecule has 1 N–H and O–H groups in total. The van der Waals surface area contributed by atoms with Gasteiger partial charge in [0.05, 0.1) is 18.2 Å². The summed E-state index contributed by atoms with van der Waals surface area (Å²) in [4.78, 5) is 38.1. The third kappa shape index (κ3) is 4.57. The smallest absolute Gasteiger partial charge is 0.344 e. The van der Waals surface area contributed by atoms with Crippen LogP contribution in [-0.2, 0) is 0 Å². The van der Waals surface area contributed by atoms with Gasteiger partial charge in [0, 0.05) is 33.7 Å². The maximum atomic E-state index is 13.0. The van der Waals surface area contributed by atoms with Crippen LogP contribution in [-0.4, -0.2) is 13.0 Å². The Morgan fingerprint density at radius 2 is 1.26 bits per heavy atom. The zero-order chi connectivity index (χ0) is 26.9. The van der Waals surface area contributed by atoms with Gasteiger partial charge >= 0.3 is 11.3 Å². The van der Waals surface area contributed by atoms with E-state index in [0.717, 1.165) is 10.8 Å². The fraction of sp³-hybridized carbons (Fsp3) is 0.0312. The summed E-state index contributed by atoms with van der Waals surface area (Å²) >= 11 is 0. The van der Waals surface area contributed by atoms with Crippen LogP contribution in [0.1, 0.15) is 10.4 Å². The van der Waals surface area contributed by atoms with Crippen LogP contribution in [0, 0.1) is 0 Å². The normalized spacial score (nSPS) is 11.0. The van der Waals surface area contributed by atoms with Gasteiger partial charge in [-0.05, 0) is 54.1 Å². The van der Waals surface area contributed by atoms with Crippen molar-refractivity contribution >= 4 is 33.5 Å². The lowest BCUT2D eigenvalue weighted by atomic mass is 10.0. The van der Waals surface area contributed by atoms with E-state index in [1.165, 1.54) is 7.11 Å². The van der Waals surface area contributed by atoms with Crippen LogP contribution in [0.15, 0.2) is 122 Å². The minimum absolute atomic E-state index is 0.341. The Labute approximate surface area is 221 Å². The molecule has 190 valence electrons. The Balaban J connectivity index is 1.25. The standard InChI is InChI=1S/C32H21NO6/c1-37-29-18-23(14-15-24(29)26-17-22-7-3-5-9-28(22)39-32(26)36)33-30(34)20-12-10-19(11-13-20)25-16-21-6-2-4-8-27(21)38-31(25)35/h2-18H,1H3,(H,33,34). The van der Waals surface area contributed by atoms with Crippen LogP contribution in [0.25, 0.3) is 44.2 Å². The first-order valence-corrected chi connectivity index (χ1v) is 12.2. The third-order valence-electron chi connectivity index (χ3n) is 6.49. The maximum Gasteiger partial charge on any atom is 0.344 e. The topological polar surface area (TPSA) is 98.8 Å². The number of benzene rings is 4. The van der Waals surface area contributed by atoms with E-state index in [9.17, 15) is 14.4 Å². The maximum absolute atomic E-state index is 13.0. The van der Waals surface area contributed by atoms with Crippen LogP contribution in [0.3, 0.4) is 0 Å². The summed E-state index contributed by atoms with van der Waals surface area (Å²) in [5, 5.41) is 4.45. The van der Waals surface area contributed by atoms with E-state index in [2.05, 4.69) is 5.32 Å². The molecule has 0 radical (unpaired) electrons. The summed E-state index contributed by atoms with van der Waals surface area (Å²) in [6, 6.07) is 29.8. The van der Waals surface area contributed by atoms with E-state index in [1.807, 2.05) is 30.3 Å². The van der Waals surface area contributed by atoms with E-state index in [0.29, 0.717) is 50.4 Å². The number of para-hydroxylation sites is 2. The molecule has 0 atom stereocenters. The largest absolute Gasteiger partial charge is 0.496 e. The number of nitrogens with one attached hydrogen (secondary N) is 1. The lowest BCUT2D eigenvalue weighted by Crippen LogP contribution is -2.12. The van der Waals surface area contributed by atoms with Crippen molar-refractivity contribution in [1.82, 2.24) is 0 Å². The molecule has 0 saturated heterocycles. The van der Waals surface area contributed by atoms with Gasteiger partial charge in [-0.3, -0.25) is 4.79 Å². The molecule has 0 fully saturated rings. The van der Waals surface area contributed by atoms with Crippen molar-refractivity contribution < 1.29 is 18.4 Å². The number of amides is 1. The van der Waals surface area contributed by atoms with Crippen LogP contribution in [0.4, 0.5) is 5.69 Å². The first kappa shape index (κ1) is 23.9. The van der Waals surface area contributed by atoms with Gasteiger partial charge in [-0.1, -0.05) is 48.5 Å². The fourth-order valence-electron chi connectivity index (χ4n) is 4.51. The zero-order valence-electron chi connectivity index (χ0n) is 20.8. The summed E-state index contributed by atoms with van der Waals surface area (Å²) < 4.78 is 16.4. The average molecular weight is 516 g/mol. The number of methoxy groups -OCH3 is 1. The highest BCUT2D eigenvalue weighted by molar-refractivity contribution is 6.05. The second kappa shape index (κ2) is 9.79. The molecule has 6 rings (SSSR count). The predicted molar refractivity (Wildman–Crippen MR) is 150 cm³/mol. The Morgan fingerprint density at radius 3 is 1.90 bits per heavy atom. The first-order valence-electron chi connectivity index (χ1n) is 12.2. The number of fused-ring (bicyclic) bond motifs is 2. The molecule has 0 aliphatic carbocycles. The lowest BCUT2D eigenvalue weighted by molar-refractivity contribution is 0.102. The summed E-state index contributed by atoms with van der Waals surface area (Å²) in [6.45, 7) is 0. The molecule has 39 heavy (non-hydrogen) atoms. The molecule has 0 aliphatic rings. The quantitative estimate of drug-likeness (QED) is 0.263. The van der Waals surface area contributed by atoms with Gasteiger partial charge in [0.25, 0.3) is 5.91 Å². The molecule has 0 saturated carbocycles. The Kier molecular flexibility index (Phi) is 6.01. The predicted octanol–water partition coefficient (Wildman–Crippen LogP) is 6.49. The molecular formula is C32H21NO6. The molecule has 7 nitrogen and oxygen atoms in total. The second-order valence-electron chi connectivity index (χ2n) is 8.92. The molecular weight excluding hydrogens is 494 g/mol. The molecule has 0 aliphatic heterocycles. The van der Waals surface area contributed by atoms with E-state index >= 15 is 0 Å².